The lowest BCUT2D eigenvalue weighted by Gasteiger charge is -2.22. The van der Waals surface area contributed by atoms with Crippen LogP contribution < -0.4 is 15.9 Å². The van der Waals surface area contributed by atoms with Crippen molar-refractivity contribution in [3.8, 4) is 5.75 Å². The number of fused-ring (bicyclic) bond motifs is 1. The molecule has 0 saturated carbocycles. The molecule has 106 valence electrons. The van der Waals surface area contributed by atoms with Crippen molar-refractivity contribution in [2.45, 2.75) is 17.4 Å². The summed E-state index contributed by atoms with van der Waals surface area (Å²) < 4.78 is 0. The molecule has 0 saturated heterocycles. The highest BCUT2D eigenvalue weighted by Gasteiger charge is 2.22. The first kappa shape index (κ1) is 14.4. The Kier molecular flexibility index (Phi) is 3.96. The van der Waals surface area contributed by atoms with Gasteiger partial charge in [-0.25, -0.2) is 9.79 Å². The van der Waals surface area contributed by atoms with Gasteiger partial charge >= 0.3 is 5.97 Å². The van der Waals surface area contributed by atoms with Crippen LogP contribution in [0.3, 0.4) is 0 Å². The molecule has 20 heavy (non-hydrogen) atoms. The number of rotatable bonds is 4. The van der Waals surface area contributed by atoms with Crippen LogP contribution >= 0.6 is 11.8 Å². The van der Waals surface area contributed by atoms with E-state index in [1.807, 2.05) is 0 Å². The van der Waals surface area contributed by atoms with E-state index in [4.69, 9.17) is 5.11 Å². The van der Waals surface area contributed by atoms with Crippen LogP contribution in [0.2, 0.25) is 0 Å². The van der Waals surface area contributed by atoms with Crippen molar-refractivity contribution in [3.63, 3.8) is 0 Å². The van der Waals surface area contributed by atoms with Gasteiger partial charge in [0.25, 0.3) is 0 Å². The van der Waals surface area contributed by atoms with Crippen LogP contribution in [0.4, 0.5) is 5.69 Å². The van der Waals surface area contributed by atoms with Gasteiger partial charge in [-0.05, 0) is 5.56 Å². The second-order valence-electron chi connectivity index (χ2n) is 4.27. The molecule has 1 heterocycles. The zero-order chi connectivity index (χ0) is 14.9. The van der Waals surface area contributed by atoms with Gasteiger partial charge in [0.2, 0.25) is 0 Å². The van der Waals surface area contributed by atoms with Crippen LogP contribution in [0.1, 0.15) is 5.56 Å². The molecular formula is C12H11N2O5S-. The number of thioether (sulfide) groups is 1. The minimum Gasteiger partial charge on any atom is -0.871 e. The average molecular weight is 295 g/mol. The van der Waals surface area contributed by atoms with Gasteiger partial charge in [0.15, 0.2) is 0 Å². The Bertz CT molecular complexity index is 614. The summed E-state index contributed by atoms with van der Waals surface area (Å²) in [6.45, 7) is 0. The molecular weight excluding hydrogens is 284 g/mol. The highest BCUT2D eigenvalue weighted by atomic mass is 32.2. The van der Waals surface area contributed by atoms with Gasteiger partial charge in [-0.2, -0.15) is 0 Å². The van der Waals surface area contributed by atoms with Crippen molar-refractivity contribution in [1.82, 2.24) is 0 Å². The maximum atomic E-state index is 11.7. The standard InChI is InChI=1S/C12H12N2O5S/c13-6(11(16)17)3-5-1-2-8(15)9-10(5)20-4-7(14-9)12(18)19/h1-2,6,15H,3-4,13H2,(H,16,17)(H,18,19)/p-1/t6-/m0/s1. The highest BCUT2D eigenvalue weighted by Crippen LogP contribution is 2.41. The minimum atomic E-state index is -1.28. The third-order valence-electron chi connectivity index (χ3n) is 2.82. The van der Waals surface area contributed by atoms with Crippen LogP contribution in [0, 0.1) is 0 Å². The van der Waals surface area contributed by atoms with Gasteiger partial charge in [0.05, 0.1) is 11.7 Å². The normalized spacial score (nSPS) is 15.2. The number of hydrogen-bond donors (Lipinski definition) is 2. The smallest absolute Gasteiger partial charge is 0.351 e. The van der Waals surface area contributed by atoms with Crippen molar-refractivity contribution < 1.29 is 30.6 Å². The molecule has 7 nitrogen and oxygen atoms in total. The summed E-state index contributed by atoms with van der Waals surface area (Å²) in [5.74, 6) is -2.70. The van der Waals surface area contributed by atoms with E-state index in [0.29, 0.717) is 10.5 Å². The van der Waals surface area contributed by atoms with E-state index in [9.17, 15) is 19.8 Å². The van der Waals surface area contributed by atoms with E-state index in [2.05, 4.69) is 10.7 Å². The summed E-state index contributed by atoms with van der Waals surface area (Å²) in [5, 5.41) is 31.4. The van der Waals surface area contributed by atoms with Gasteiger partial charge in [0, 0.05) is 17.1 Å². The third-order valence-corrected chi connectivity index (χ3v) is 3.98. The van der Waals surface area contributed by atoms with Crippen molar-refractivity contribution in [2.24, 2.45) is 4.99 Å². The quantitative estimate of drug-likeness (QED) is 0.653. The lowest BCUT2D eigenvalue weighted by molar-refractivity contribution is -0.437. The van der Waals surface area contributed by atoms with Gasteiger partial charge in [-0.1, -0.05) is 17.9 Å². The lowest BCUT2D eigenvalue weighted by atomic mass is 10.1. The first-order chi connectivity index (χ1) is 9.40. The SMILES string of the molecule is [NH3+][C@@H](Cc1ccc([O-])c2c1SCC(C(=O)O)=N2)C(=O)[O-]. The molecule has 0 radical (unpaired) electrons. The van der Waals surface area contributed by atoms with Crippen LogP contribution in [-0.4, -0.2) is 34.6 Å². The molecule has 8 heteroatoms. The van der Waals surface area contributed by atoms with Crippen LogP contribution in [0.5, 0.6) is 5.75 Å². The maximum absolute atomic E-state index is 11.7. The summed E-state index contributed by atoms with van der Waals surface area (Å²) in [6, 6.07) is 1.84. The number of nitrogens with zero attached hydrogens (tertiary/aromatic N) is 1. The van der Waals surface area contributed by atoms with Crippen molar-refractivity contribution in [3.05, 3.63) is 17.7 Å². The van der Waals surface area contributed by atoms with E-state index < -0.39 is 18.0 Å². The predicted octanol–water partition coefficient (Wildman–Crippen LogP) is -2.07. The fraction of sp³-hybridized carbons (Fsp3) is 0.250. The molecule has 4 N–H and O–H groups in total. The molecule has 1 aliphatic heterocycles. The van der Waals surface area contributed by atoms with E-state index in [1.165, 1.54) is 23.9 Å². The minimum absolute atomic E-state index is 0.0571. The number of aliphatic imine (C=N–C) groups is 1. The zero-order valence-corrected chi connectivity index (χ0v) is 11.1. The number of hydrogen-bond acceptors (Lipinski definition) is 6. The summed E-state index contributed by atoms with van der Waals surface area (Å²) in [5.41, 5.74) is 4.04. The molecule has 0 fully saturated rings. The Morgan fingerprint density at radius 1 is 1.50 bits per heavy atom. The second kappa shape index (κ2) is 5.51. The molecule has 1 atom stereocenters. The number of benzene rings is 1. The van der Waals surface area contributed by atoms with E-state index in [-0.39, 0.29) is 29.3 Å². The lowest BCUT2D eigenvalue weighted by Crippen LogP contribution is -2.69. The predicted molar refractivity (Wildman–Crippen MR) is 66.7 cm³/mol. The Balaban J connectivity index is 2.42. The largest absolute Gasteiger partial charge is 0.871 e. The van der Waals surface area contributed by atoms with Gasteiger partial charge in [0.1, 0.15) is 11.8 Å². The molecule has 1 aliphatic rings. The molecule has 0 aromatic heterocycles. The Labute approximate surface area is 118 Å². The summed E-state index contributed by atoms with van der Waals surface area (Å²) >= 11 is 1.17. The third kappa shape index (κ3) is 2.75. The topological polar surface area (TPSA) is 140 Å². The summed E-state index contributed by atoms with van der Waals surface area (Å²) in [4.78, 5) is 26.0. The Morgan fingerprint density at radius 2 is 2.20 bits per heavy atom. The molecule has 2 rings (SSSR count). The second-order valence-corrected chi connectivity index (χ2v) is 5.26. The number of carbonyl (C=O) groups excluding carboxylic acids is 1. The van der Waals surface area contributed by atoms with Crippen molar-refractivity contribution in [2.75, 3.05) is 5.75 Å². The van der Waals surface area contributed by atoms with Crippen molar-refractivity contribution in [1.29, 1.82) is 0 Å². The molecule has 0 unspecified atom stereocenters. The fourth-order valence-corrected chi connectivity index (χ4v) is 2.88. The number of aliphatic carboxylic acids is 2. The number of carbonyl (C=O) groups is 2. The summed E-state index contributed by atoms with van der Waals surface area (Å²) in [7, 11) is 0. The highest BCUT2D eigenvalue weighted by molar-refractivity contribution is 8.00. The Morgan fingerprint density at radius 3 is 2.80 bits per heavy atom. The van der Waals surface area contributed by atoms with E-state index >= 15 is 0 Å². The molecule has 0 aliphatic carbocycles. The van der Waals surface area contributed by atoms with Crippen LogP contribution in [0.25, 0.3) is 0 Å². The Hall–Kier alpha value is -2.06. The van der Waals surface area contributed by atoms with E-state index in [1.54, 1.807) is 0 Å². The number of quaternary nitrogens is 1. The molecule has 0 bridgehead atoms. The monoisotopic (exact) mass is 295 g/mol. The van der Waals surface area contributed by atoms with Crippen LogP contribution in [0.15, 0.2) is 22.0 Å². The van der Waals surface area contributed by atoms with Gasteiger partial charge < -0.3 is 25.8 Å². The fourth-order valence-electron chi connectivity index (χ4n) is 1.79. The maximum Gasteiger partial charge on any atom is 0.351 e. The molecule has 1 aromatic carbocycles. The van der Waals surface area contributed by atoms with Gasteiger partial charge in [-0.15, -0.1) is 11.8 Å². The van der Waals surface area contributed by atoms with E-state index in [0.717, 1.165) is 0 Å². The first-order valence-electron chi connectivity index (χ1n) is 5.70. The molecule has 1 aromatic rings. The number of carboxylic acids is 2. The zero-order valence-electron chi connectivity index (χ0n) is 10.3. The van der Waals surface area contributed by atoms with Crippen LogP contribution in [-0.2, 0) is 16.0 Å². The van der Waals surface area contributed by atoms with Gasteiger partial charge in [-0.3, -0.25) is 0 Å². The first-order valence-corrected chi connectivity index (χ1v) is 6.69. The molecule has 0 spiro atoms. The summed E-state index contributed by atoms with van der Waals surface area (Å²) in [6.07, 6.45) is 0.107. The average Bonchev–Trinajstić information content (AvgIpc) is 2.41. The van der Waals surface area contributed by atoms with Crippen molar-refractivity contribution >= 4 is 35.1 Å². The number of carboxylic acid groups (broad SMARTS) is 2. The molecule has 0 amide bonds.